The van der Waals surface area contributed by atoms with Crippen LogP contribution in [0.3, 0.4) is 0 Å². The summed E-state index contributed by atoms with van der Waals surface area (Å²) in [5, 5.41) is 10.0. The van der Waals surface area contributed by atoms with Gasteiger partial charge in [0, 0.05) is 22.3 Å². The van der Waals surface area contributed by atoms with Crippen molar-refractivity contribution in [1.29, 1.82) is 0 Å². The monoisotopic (exact) mass is 436 g/mol. The molecule has 0 N–H and O–H groups in total. The van der Waals surface area contributed by atoms with Gasteiger partial charge in [0.25, 0.3) is 5.09 Å². The maximum atomic E-state index is 14.0. The zero-order valence-electron chi connectivity index (χ0n) is 15.9. The van der Waals surface area contributed by atoms with Crippen LogP contribution in [0, 0.1) is 23.0 Å². The fourth-order valence-corrected chi connectivity index (χ4v) is 4.00. The lowest BCUT2D eigenvalue weighted by Crippen LogP contribution is -2.23. The number of hydrogen-bond acceptors (Lipinski definition) is 7. The Morgan fingerprint density at radius 1 is 1.33 bits per heavy atom. The average molecular weight is 437 g/mol. The van der Waals surface area contributed by atoms with E-state index < -0.39 is 29.2 Å². The quantitative estimate of drug-likeness (QED) is 0.398. The smallest absolute Gasteiger partial charge is 0.314 e. The van der Waals surface area contributed by atoms with Crippen molar-refractivity contribution in [3.63, 3.8) is 0 Å². The number of nitrogens with zero attached hydrogens (tertiary/aromatic N) is 2. The topological polar surface area (TPSA) is 101 Å². The molecule has 1 fully saturated rings. The maximum absolute atomic E-state index is 14.0. The predicted octanol–water partition coefficient (Wildman–Crippen LogP) is 3.89. The summed E-state index contributed by atoms with van der Waals surface area (Å²) >= 11 is 5.95. The third-order valence-electron chi connectivity index (χ3n) is 5.39. The van der Waals surface area contributed by atoms with E-state index in [0.717, 1.165) is 11.1 Å². The molecule has 1 aromatic carbocycles. The number of halogens is 2. The Labute approximate surface area is 176 Å². The van der Waals surface area contributed by atoms with E-state index in [1.165, 1.54) is 0 Å². The summed E-state index contributed by atoms with van der Waals surface area (Å²) in [5.74, 6) is -1.22. The first kappa shape index (κ1) is 20.5. The van der Waals surface area contributed by atoms with Gasteiger partial charge in [-0.15, -0.1) is 10.1 Å². The minimum absolute atomic E-state index is 0.119. The molecule has 2 aliphatic rings. The van der Waals surface area contributed by atoms with Crippen LogP contribution < -0.4 is 4.74 Å². The second kappa shape index (κ2) is 8.16. The first-order valence-corrected chi connectivity index (χ1v) is 9.73. The molecule has 30 heavy (non-hydrogen) atoms. The largest absolute Gasteiger partial charge is 0.424 e. The van der Waals surface area contributed by atoms with E-state index >= 15 is 0 Å². The van der Waals surface area contributed by atoms with Crippen molar-refractivity contribution < 1.29 is 28.6 Å². The number of rotatable bonds is 5. The van der Waals surface area contributed by atoms with Gasteiger partial charge in [-0.1, -0.05) is 23.7 Å². The molecule has 0 spiro atoms. The average Bonchev–Trinajstić information content (AvgIpc) is 3.28. The van der Waals surface area contributed by atoms with Crippen molar-refractivity contribution in [3.8, 4) is 5.75 Å². The molecular weight excluding hydrogens is 419 g/mol. The van der Waals surface area contributed by atoms with Gasteiger partial charge in [-0.2, -0.15) is 0 Å². The number of fused-ring (bicyclic) bond motifs is 1. The second-order valence-corrected chi connectivity index (χ2v) is 7.76. The van der Waals surface area contributed by atoms with Gasteiger partial charge in [0.05, 0.1) is 18.2 Å². The number of hydrogen-bond donors (Lipinski definition) is 0. The number of benzene rings is 1. The number of aryl methyl sites for hydroxylation is 1. The van der Waals surface area contributed by atoms with E-state index in [2.05, 4.69) is 9.82 Å². The summed E-state index contributed by atoms with van der Waals surface area (Å²) in [6.07, 6.45) is -1.87. The number of carbonyl (C=O) groups excluding carboxylic acids is 1. The summed E-state index contributed by atoms with van der Waals surface area (Å²) in [7, 11) is 0. The summed E-state index contributed by atoms with van der Waals surface area (Å²) in [4.78, 5) is 31.8. The molecule has 158 valence electrons. The number of pyridine rings is 1. The molecule has 0 bridgehead atoms. The molecule has 1 aromatic heterocycles. The van der Waals surface area contributed by atoms with Gasteiger partial charge in [-0.25, -0.2) is 4.39 Å². The Bertz CT molecular complexity index is 986. The van der Waals surface area contributed by atoms with Gasteiger partial charge in [0.15, 0.2) is 5.75 Å². The van der Waals surface area contributed by atoms with Crippen LogP contribution in [0.2, 0.25) is 5.02 Å². The Morgan fingerprint density at radius 3 is 2.77 bits per heavy atom. The fraction of sp³-hybridized carbons (Fsp3) is 0.400. The lowest BCUT2D eigenvalue weighted by Gasteiger charge is -2.15. The van der Waals surface area contributed by atoms with E-state index in [4.69, 9.17) is 21.1 Å². The minimum atomic E-state index is -1.61. The molecule has 0 saturated heterocycles. The van der Waals surface area contributed by atoms with Crippen LogP contribution in [-0.2, 0) is 21.0 Å². The van der Waals surface area contributed by atoms with Crippen LogP contribution in [0.1, 0.15) is 41.3 Å². The standard InChI is InChI=1S/C20H18ClFN2O6/c1-10-18(29-20(25)12-6-16(22)17(7-12)30-24(26)27)15-9-28-19(14(15)8-23-10)11-2-4-13(21)5-3-11/h2-5,8,12,16-17,19H,6-7,9H2,1H3/t12-,16+,17+,19+/m1/s1. The maximum Gasteiger partial charge on any atom is 0.314 e. The highest BCUT2D eigenvalue weighted by atomic mass is 35.5. The van der Waals surface area contributed by atoms with Crippen molar-refractivity contribution >= 4 is 17.6 Å². The van der Waals surface area contributed by atoms with Crippen LogP contribution in [0.25, 0.3) is 0 Å². The molecule has 0 amide bonds. The number of carbonyl (C=O) groups is 1. The zero-order chi connectivity index (χ0) is 21.4. The number of ether oxygens (including phenoxy) is 2. The molecule has 0 radical (unpaired) electrons. The highest BCUT2D eigenvalue weighted by Crippen LogP contribution is 2.41. The van der Waals surface area contributed by atoms with Gasteiger partial charge in [0.2, 0.25) is 0 Å². The van der Waals surface area contributed by atoms with Crippen LogP contribution in [0.15, 0.2) is 30.5 Å². The van der Waals surface area contributed by atoms with E-state index in [1.54, 1.807) is 25.3 Å². The lowest BCUT2D eigenvalue weighted by atomic mass is 10.00. The third kappa shape index (κ3) is 3.95. The molecule has 1 aliphatic heterocycles. The zero-order valence-corrected chi connectivity index (χ0v) is 16.7. The lowest BCUT2D eigenvalue weighted by molar-refractivity contribution is -0.769. The second-order valence-electron chi connectivity index (χ2n) is 7.32. The molecule has 8 nitrogen and oxygen atoms in total. The normalized spacial score (nSPS) is 25.0. The highest BCUT2D eigenvalue weighted by Gasteiger charge is 2.42. The molecule has 10 heteroatoms. The Hall–Kier alpha value is -2.78. The Kier molecular flexibility index (Phi) is 5.57. The first-order chi connectivity index (χ1) is 14.3. The van der Waals surface area contributed by atoms with E-state index in [0.29, 0.717) is 16.3 Å². The van der Waals surface area contributed by atoms with Crippen molar-refractivity contribution in [2.24, 2.45) is 5.92 Å². The molecular formula is C20H18ClFN2O6. The molecule has 4 rings (SSSR count). The number of alkyl halides is 1. The van der Waals surface area contributed by atoms with E-state index in [-0.39, 0.29) is 31.3 Å². The summed E-state index contributed by atoms with van der Waals surface area (Å²) in [6, 6.07) is 7.22. The van der Waals surface area contributed by atoms with E-state index in [9.17, 15) is 19.3 Å². The summed E-state index contributed by atoms with van der Waals surface area (Å²) in [6.45, 7) is 1.92. The highest BCUT2D eigenvalue weighted by molar-refractivity contribution is 6.30. The summed E-state index contributed by atoms with van der Waals surface area (Å²) in [5.41, 5.74) is 2.85. The van der Waals surface area contributed by atoms with Gasteiger partial charge in [-0.3, -0.25) is 9.78 Å². The first-order valence-electron chi connectivity index (χ1n) is 9.36. The van der Waals surface area contributed by atoms with E-state index in [1.807, 2.05) is 12.1 Å². The Balaban J connectivity index is 1.54. The Morgan fingerprint density at radius 2 is 2.07 bits per heavy atom. The van der Waals surface area contributed by atoms with Gasteiger partial charge < -0.3 is 14.3 Å². The van der Waals surface area contributed by atoms with Gasteiger partial charge in [-0.05, 0) is 37.5 Å². The molecule has 1 aliphatic carbocycles. The predicted molar refractivity (Wildman–Crippen MR) is 102 cm³/mol. The minimum Gasteiger partial charge on any atom is -0.424 e. The van der Waals surface area contributed by atoms with Gasteiger partial charge >= 0.3 is 5.97 Å². The third-order valence-corrected chi connectivity index (χ3v) is 5.64. The van der Waals surface area contributed by atoms with Crippen molar-refractivity contribution in [2.45, 2.75) is 44.8 Å². The van der Waals surface area contributed by atoms with Gasteiger partial charge in [0.1, 0.15) is 18.4 Å². The van der Waals surface area contributed by atoms with Crippen LogP contribution in [0.5, 0.6) is 5.75 Å². The van der Waals surface area contributed by atoms with Crippen LogP contribution in [-0.4, -0.2) is 28.3 Å². The molecule has 1 saturated carbocycles. The molecule has 4 atom stereocenters. The SMILES string of the molecule is Cc1ncc2c(c1OC(=O)[C@H]1C[C@H](O[N+](=O)[O-])[C@@H](F)C1)CO[C@H]2c1ccc(Cl)cc1. The van der Waals surface area contributed by atoms with Crippen LogP contribution >= 0.6 is 11.6 Å². The fourth-order valence-electron chi connectivity index (χ4n) is 3.88. The van der Waals surface area contributed by atoms with Crippen molar-refractivity contribution in [1.82, 2.24) is 4.98 Å². The number of esters is 1. The molecule has 0 unspecified atom stereocenters. The van der Waals surface area contributed by atoms with Crippen molar-refractivity contribution in [3.05, 3.63) is 68.0 Å². The number of aromatic nitrogens is 1. The molecule has 2 aromatic rings. The van der Waals surface area contributed by atoms with Crippen LogP contribution in [0.4, 0.5) is 4.39 Å². The molecule has 2 heterocycles. The summed E-state index contributed by atoms with van der Waals surface area (Å²) < 4.78 is 25.5. The van der Waals surface area contributed by atoms with Crippen molar-refractivity contribution in [2.75, 3.05) is 0 Å².